The third-order valence-corrected chi connectivity index (χ3v) is 2.50. The second-order valence-electron chi connectivity index (χ2n) is 3.56. The maximum absolute atomic E-state index is 11.6. The first-order valence-corrected chi connectivity index (χ1v) is 5.47. The van der Waals surface area contributed by atoms with Crippen molar-refractivity contribution in [1.82, 2.24) is 20.2 Å². The Bertz CT molecular complexity index is 614. The van der Waals surface area contributed by atoms with Crippen molar-refractivity contribution in [2.24, 2.45) is 0 Å². The Kier molecular flexibility index (Phi) is 3.71. The van der Waals surface area contributed by atoms with Crippen LogP contribution >= 0.6 is 11.6 Å². The highest BCUT2D eigenvalue weighted by atomic mass is 35.5. The molecule has 0 fully saturated rings. The zero-order chi connectivity index (χ0) is 13.8. The molecular formula is C10H8ClN5O3. The topological polar surface area (TPSA) is 110 Å². The summed E-state index contributed by atoms with van der Waals surface area (Å²) in [6.07, 6.45) is 1.30. The molecule has 98 valence electrons. The van der Waals surface area contributed by atoms with Gasteiger partial charge in [0.1, 0.15) is 12.9 Å². The molecule has 0 saturated heterocycles. The summed E-state index contributed by atoms with van der Waals surface area (Å²) in [6.45, 7) is -0.0655. The summed E-state index contributed by atoms with van der Waals surface area (Å²) in [4.78, 5) is 22.4. The zero-order valence-electron chi connectivity index (χ0n) is 9.45. The molecule has 1 aromatic carbocycles. The van der Waals surface area contributed by atoms with Crippen molar-refractivity contribution < 1.29 is 14.7 Å². The third-order valence-electron chi connectivity index (χ3n) is 2.19. The quantitative estimate of drug-likeness (QED) is 0.852. The van der Waals surface area contributed by atoms with Crippen LogP contribution in [0.3, 0.4) is 0 Å². The second-order valence-corrected chi connectivity index (χ2v) is 3.96. The Hall–Kier alpha value is -2.48. The first-order chi connectivity index (χ1) is 9.06. The normalized spacial score (nSPS) is 10.2. The fraction of sp³-hybridized carbons (Fsp3) is 0.100. The summed E-state index contributed by atoms with van der Waals surface area (Å²) in [5.41, 5.74) is 0.369. The van der Waals surface area contributed by atoms with Crippen LogP contribution < -0.4 is 5.32 Å². The van der Waals surface area contributed by atoms with Crippen molar-refractivity contribution >= 4 is 29.2 Å². The maximum atomic E-state index is 11.6. The van der Waals surface area contributed by atoms with Gasteiger partial charge in [-0.1, -0.05) is 11.6 Å². The lowest BCUT2D eigenvalue weighted by atomic mass is 10.2. The molecule has 0 unspecified atom stereocenters. The molecule has 0 aliphatic rings. The van der Waals surface area contributed by atoms with Crippen molar-refractivity contribution in [3.05, 3.63) is 35.1 Å². The van der Waals surface area contributed by atoms with Crippen molar-refractivity contribution in [2.45, 2.75) is 6.54 Å². The van der Waals surface area contributed by atoms with Gasteiger partial charge < -0.3 is 10.4 Å². The van der Waals surface area contributed by atoms with Gasteiger partial charge in [0.15, 0.2) is 0 Å². The molecular weight excluding hydrogens is 274 g/mol. The number of hydrogen-bond donors (Lipinski definition) is 2. The van der Waals surface area contributed by atoms with Gasteiger partial charge in [-0.15, -0.1) is 5.10 Å². The summed E-state index contributed by atoms with van der Waals surface area (Å²) >= 11 is 5.87. The molecule has 0 radical (unpaired) electrons. The molecule has 8 nitrogen and oxygen atoms in total. The maximum Gasteiger partial charge on any atom is 0.335 e. The van der Waals surface area contributed by atoms with Gasteiger partial charge in [-0.2, -0.15) is 0 Å². The van der Waals surface area contributed by atoms with Crippen LogP contribution in [0, 0.1) is 0 Å². The molecule has 1 heterocycles. The molecule has 0 atom stereocenters. The first-order valence-electron chi connectivity index (χ1n) is 5.10. The minimum atomic E-state index is -1.09. The van der Waals surface area contributed by atoms with Gasteiger partial charge in [-0.05, 0) is 28.6 Å². The average molecular weight is 282 g/mol. The number of tetrazole rings is 1. The van der Waals surface area contributed by atoms with Crippen LogP contribution in [-0.2, 0) is 11.3 Å². The number of carboxylic acid groups (broad SMARTS) is 1. The van der Waals surface area contributed by atoms with Crippen molar-refractivity contribution in [3.63, 3.8) is 0 Å². The van der Waals surface area contributed by atoms with Gasteiger partial charge in [0.25, 0.3) is 0 Å². The van der Waals surface area contributed by atoms with Crippen LogP contribution in [0.25, 0.3) is 0 Å². The molecule has 2 aromatic rings. The summed E-state index contributed by atoms with van der Waals surface area (Å²) in [7, 11) is 0. The second kappa shape index (κ2) is 5.44. The van der Waals surface area contributed by atoms with E-state index in [2.05, 4.69) is 20.8 Å². The molecule has 9 heteroatoms. The summed E-state index contributed by atoms with van der Waals surface area (Å²) < 4.78 is 1.24. The van der Waals surface area contributed by atoms with Crippen LogP contribution in [0.4, 0.5) is 5.69 Å². The monoisotopic (exact) mass is 281 g/mol. The highest BCUT2D eigenvalue weighted by Crippen LogP contribution is 2.23. The number of carbonyl (C=O) groups is 2. The Balaban J connectivity index is 2.07. The standard InChI is InChI=1S/C10H8ClN5O3/c11-7-3-6(10(18)19)1-2-8(7)13-9(17)4-16-5-12-14-15-16/h1-3,5H,4H2,(H,13,17)(H,18,19). The number of nitrogens with one attached hydrogen (secondary N) is 1. The number of benzene rings is 1. The lowest BCUT2D eigenvalue weighted by Crippen LogP contribution is -2.19. The highest BCUT2D eigenvalue weighted by molar-refractivity contribution is 6.34. The minimum Gasteiger partial charge on any atom is -0.478 e. The number of aromatic nitrogens is 4. The number of aromatic carboxylic acids is 1. The zero-order valence-corrected chi connectivity index (χ0v) is 10.2. The average Bonchev–Trinajstić information content (AvgIpc) is 2.84. The van der Waals surface area contributed by atoms with Gasteiger partial charge in [0, 0.05) is 0 Å². The molecule has 0 aliphatic carbocycles. The number of rotatable bonds is 4. The number of carboxylic acids is 1. The molecule has 0 spiro atoms. The van der Waals surface area contributed by atoms with Crippen LogP contribution in [0.15, 0.2) is 24.5 Å². The Morgan fingerprint density at radius 2 is 2.21 bits per heavy atom. The summed E-state index contributed by atoms with van der Waals surface area (Å²) in [5.74, 6) is -1.47. The van der Waals surface area contributed by atoms with Gasteiger partial charge in [0.05, 0.1) is 16.3 Å². The van der Waals surface area contributed by atoms with E-state index in [4.69, 9.17) is 16.7 Å². The molecule has 1 amide bonds. The Labute approximate surface area is 112 Å². The number of hydrogen-bond acceptors (Lipinski definition) is 5. The van der Waals surface area contributed by atoms with Crippen LogP contribution in [0.1, 0.15) is 10.4 Å². The van der Waals surface area contributed by atoms with E-state index < -0.39 is 5.97 Å². The number of halogens is 1. The van der Waals surface area contributed by atoms with E-state index in [0.717, 1.165) is 0 Å². The van der Waals surface area contributed by atoms with E-state index in [1.54, 1.807) is 0 Å². The fourth-order valence-electron chi connectivity index (χ4n) is 1.34. The number of anilines is 1. The summed E-state index contributed by atoms with van der Waals surface area (Å²) in [5, 5.41) is 21.8. The van der Waals surface area contributed by atoms with Gasteiger partial charge in [0.2, 0.25) is 5.91 Å². The first kappa shape index (κ1) is 13.0. The molecule has 2 N–H and O–H groups in total. The lowest BCUT2D eigenvalue weighted by molar-refractivity contribution is -0.116. The van der Waals surface area contributed by atoms with Crippen LogP contribution in [0.5, 0.6) is 0 Å². The molecule has 0 aliphatic heterocycles. The van der Waals surface area contributed by atoms with E-state index >= 15 is 0 Å². The van der Waals surface area contributed by atoms with E-state index in [1.807, 2.05) is 0 Å². The molecule has 0 saturated carbocycles. The van der Waals surface area contributed by atoms with Gasteiger partial charge in [-0.3, -0.25) is 4.79 Å². The SMILES string of the molecule is O=C(Cn1cnnn1)Nc1ccc(C(=O)O)cc1Cl. The van der Waals surface area contributed by atoms with E-state index in [9.17, 15) is 9.59 Å². The van der Waals surface area contributed by atoms with Gasteiger partial charge >= 0.3 is 5.97 Å². The largest absolute Gasteiger partial charge is 0.478 e. The minimum absolute atomic E-state index is 0.0449. The predicted octanol–water partition coefficient (Wildman–Crippen LogP) is 0.663. The lowest BCUT2D eigenvalue weighted by Gasteiger charge is -2.07. The van der Waals surface area contributed by atoms with E-state index in [-0.39, 0.29) is 23.0 Å². The highest BCUT2D eigenvalue weighted by Gasteiger charge is 2.10. The van der Waals surface area contributed by atoms with Crippen molar-refractivity contribution in [1.29, 1.82) is 0 Å². The third kappa shape index (κ3) is 3.26. The van der Waals surface area contributed by atoms with Crippen molar-refractivity contribution in [3.8, 4) is 0 Å². The van der Waals surface area contributed by atoms with E-state index in [0.29, 0.717) is 5.69 Å². The van der Waals surface area contributed by atoms with Crippen LogP contribution in [-0.4, -0.2) is 37.2 Å². The predicted molar refractivity (Wildman–Crippen MR) is 64.9 cm³/mol. The molecule has 1 aromatic heterocycles. The number of carbonyl (C=O) groups excluding carboxylic acids is 1. The van der Waals surface area contributed by atoms with Crippen LogP contribution in [0.2, 0.25) is 5.02 Å². The fourth-order valence-corrected chi connectivity index (χ4v) is 1.57. The Morgan fingerprint density at radius 1 is 1.42 bits per heavy atom. The Morgan fingerprint density at radius 3 is 2.79 bits per heavy atom. The molecule has 2 rings (SSSR count). The van der Waals surface area contributed by atoms with Crippen molar-refractivity contribution in [2.75, 3.05) is 5.32 Å². The summed E-state index contributed by atoms with van der Waals surface area (Å²) in [6, 6.07) is 4.03. The number of nitrogens with zero attached hydrogens (tertiary/aromatic N) is 4. The molecule has 0 bridgehead atoms. The molecule has 19 heavy (non-hydrogen) atoms. The van der Waals surface area contributed by atoms with E-state index in [1.165, 1.54) is 29.2 Å². The smallest absolute Gasteiger partial charge is 0.335 e. The van der Waals surface area contributed by atoms with Gasteiger partial charge in [-0.25, -0.2) is 9.48 Å². The number of amides is 1.